The first-order valence-electron chi connectivity index (χ1n) is 5.32. The van der Waals surface area contributed by atoms with Crippen molar-refractivity contribution in [1.82, 2.24) is 0 Å². The number of hydrogen-bond acceptors (Lipinski definition) is 5. The van der Waals surface area contributed by atoms with Crippen LogP contribution >= 0.6 is 11.8 Å². The van der Waals surface area contributed by atoms with Crippen LogP contribution in [0.1, 0.15) is 5.56 Å². The molecule has 1 aromatic rings. The molecule has 1 heterocycles. The summed E-state index contributed by atoms with van der Waals surface area (Å²) in [5.41, 5.74) is 0.769. The summed E-state index contributed by atoms with van der Waals surface area (Å²) >= 11 is 1.41. The quantitative estimate of drug-likeness (QED) is 0.898. The molecule has 1 atom stereocenters. The van der Waals surface area contributed by atoms with Gasteiger partial charge in [0.25, 0.3) is 0 Å². The third-order valence-corrected chi connectivity index (χ3v) is 3.65. The number of carboxylic acid groups (broad SMARTS) is 1. The summed E-state index contributed by atoms with van der Waals surface area (Å²) in [7, 11) is 3.11. The van der Waals surface area contributed by atoms with Crippen LogP contribution in [0.5, 0.6) is 11.5 Å². The predicted molar refractivity (Wildman–Crippen MR) is 70.0 cm³/mol. The maximum Gasteiger partial charge on any atom is 0.329 e. The molecule has 0 bridgehead atoms. The van der Waals surface area contributed by atoms with Crippen LogP contribution in [0, 0.1) is 0 Å². The second kappa shape index (κ2) is 5.30. The lowest BCUT2D eigenvalue weighted by Gasteiger charge is -2.11. The number of carbonyl (C=O) groups is 1. The summed E-state index contributed by atoms with van der Waals surface area (Å²) in [6, 6.07) is 4.78. The zero-order chi connectivity index (χ0) is 13.1. The molecule has 5 nitrogen and oxygen atoms in total. The first-order valence-corrected chi connectivity index (χ1v) is 6.30. The lowest BCUT2D eigenvalue weighted by Crippen LogP contribution is -2.17. The molecule has 1 N–H and O–H groups in total. The Kier molecular flexibility index (Phi) is 3.76. The van der Waals surface area contributed by atoms with Gasteiger partial charge in [-0.2, -0.15) is 0 Å². The Labute approximate surface area is 109 Å². The number of nitrogens with zero attached hydrogens (tertiary/aromatic N) is 1. The molecule has 0 radical (unpaired) electrons. The van der Waals surface area contributed by atoms with Crippen LogP contribution in [0.25, 0.3) is 0 Å². The lowest BCUT2D eigenvalue weighted by molar-refractivity contribution is -0.137. The summed E-state index contributed by atoms with van der Waals surface area (Å²) in [6.07, 6.45) is 0. The number of carboxylic acids is 1. The molecule has 0 spiro atoms. The minimum absolute atomic E-state index is 0.449. The van der Waals surface area contributed by atoms with Gasteiger partial charge in [-0.3, -0.25) is 4.99 Å². The van der Waals surface area contributed by atoms with Crippen molar-refractivity contribution in [1.29, 1.82) is 0 Å². The number of ether oxygens (including phenoxy) is 2. The van der Waals surface area contributed by atoms with E-state index in [1.54, 1.807) is 20.3 Å². The van der Waals surface area contributed by atoms with Gasteiger partial charge in [0.1, 0.15) is 5.04 Å². The van der Waals surface area contributed by atoms with Gasteiger partial charge in [0.15, 0.2) is 17.5 Å². The second-order valence-corrected chi connectivity index (χ2v) is 4.65. The van der Waals surface area contributed by atoms with E-state index in [0.29, 0.717) is 22.3 Å². The van der Waals surface area contributed by atoms with E-state index in [4.69, 9.17) is 14.6 Å². The highest BCUT2D eigenvalue weighted by molar-refractivity contribution is 8.14. The van der Waals surface area contributed by atoms with Crippen molar-refractivity contribution in [3.05, 3.63) is 23.8 Å². The first kappa shape index (κ1) is 12.8. The van der Waals surface area contributed by atoms with Crippen molar-refractivity contribution in [2.45, 2.75) is 6.04 Å². The van der Waals surface area contributed by atoms with Gasteiger partial charge in [-0.1, -0.05) is 6.07 Å². The van der Waals surface area contributed by atoms with Gasteiger partial charge in [-0.15, -0.1) is 11.8 Å². The fourth-order valence-corrected chi connectivity index (χ4v) is 2.75. The molecule has 18 heavy (non-hydrogen) atoms. The maximum absolute atomic E-state index is 10.9. The number of thioether (sulfide) groups is 1. The van der Waals surface area contributed by atoms with Crippen LogP contribution in [0.15, 0.2) is 23.2 Å². The molecule has 0 fully saturated rings. The second-order valence-electron chi connectivity index (χ2n) is 3.64. The van der Waals surface area contributed by atoms with E-state index in [9.17, 15) is 4.79 Å². The Morgan fingerprint density at radius 1 is 1.44 bits per heavy atom. The van der Waals surface area contributed by atoms with Crippen LogP contribution in [0.4, 0.5) is 0 Å². The summed E-state index contributed by atoms with van der Waals surface area (Å²) in [5, 5.41) is 9.61. The molecule has 96 valence electrons. The number of aliphatic imine (C=N–C) groups is 1. The third-order valence-electron chi connectivity index (χ3n) is 2.57. The van der Waals surface area contributed by atoms with Crippen molar-refractivity contribution >= 4 is 22.8 Å². The largest absolute Gasteiger partial charge is 0.493 e. The third kappa shape index (κ3) is 2.28. The molecule has 0 aromatic heterocycles. The fourth-order valence-electron chi connectivity index (χ4n) is 1.70. The highest BCUT2D eigenvalue weighted by atomic mass is 32.2. The van der Waals surface area contributed by atoms with E-state index >= 15 is 0 Å². The molecule has 1 aromatic carbocycles. The zero-order valence-electron chi connectivity index (χ0n) is 10.0. The summed E-state index contributed by atoms with van der Waals surface area (Å²) in [6.45, 7) is 0. The molecule has 0 saturated carbocycles. The molecule has 0 amide bonds. The van der Waals surface area contributed by atoms with E-state index < -0.39 is 12.0 Å². The number of methoxy groups -OCH3 is 2. The van der Waals surface area contributed by atoms with E-state index in [1.165, 1.54) is 11.8 Å². The number of rotatable bonds is 4. The average molecular weight is 267 g/mol. The smallest absolute Gasteiger partial charge is 0.329 e. The topological polar surface area (TPSA) is 68.1 Å². The van der Waals surface area contributed by atoms with Gasteiger partial charge >= 0.3 is 5.97 Å². The van der Waals surface area contributed by atoms with Crippen LogP contribution in [0.2, 0.25) is 0 Å². The summed E-state index contributed by atoms with van der Waals surface area (Å²) in [4.78, 5) is 15.1. The summed E-state index contributed by atoms with van der Waals surface area (Å²) < 4.78 is 10.5. The van der Waals surface area contributed by atoms with Crippen LogP contribution in [-0.2, 0) is 4.79 Å². The highest BCUT2D eigenvalue weighted by Gasteiger charge is 2.27. The Hall–Kier alpha value is -1.69. The van der Waals surface area contributed by atoms with Crippen molar-refractivity contribution in [2.24, 2.45) is 4.99 Å². The van der Waals surface area contributed by atoms with Gasteiger partial charge in [0.2, 0.25) is 0 Å². The van der Waals surface area contributed by atoms with Gasteiger partial charge in [0.05, 0.1) is 19.8 Å². The van der Waals surface area contributed by atoms with Gasteiger partial charge in [0, 0.05) is 5.75 Å². The van der Waals surface area contributed by atoms with E-state index in [0.717, 1.165) is 5.56 Å². The summed E-state index contributed by atoms with van der Waals surface area (Å²) in [5.74, 6) is 0.735. The van der Waals surface area contributed by atoms with Gasteiger partial charge < -0.3 is 14.6 Å². The minimum Gasteiger partial charge on any atom is -0.493 e. The van der Waals surface area contributed by atoms with Gasteiger partial charge in [-0.05, 0) is 12.1 Å². The normalized spacial score (nSPS) is 18.3. The number of benzene rings is 1. The Morgan fingerprint density at radius 3 is 2.78 bits per heavy atom. The SMILES string of the molecule is COc1cccc(C2=NC(C(=O)O)CS2)c1OC. The molecule has 0 saturated heterocycles. The zero-order valence-corrected chi connectivity index (χ0v) is 10.9. The van der Waals surface area contributed by atoms with Crippen molar-refractivity contribution in [3.8, 4) is 11.5 Å². The number of aliphatic carboxylic acids is 1. The average Bonchev–Trinajstić information content (AvgIpc) is 2.87. The first-order chi connectivity index (χ1) is 8.67. The highest BCUT2D eigenvalue weighted by Crippen LogP contribution is 2.35. The Balaban J connectivity index is 2.40. The Morgan fingerprint density at radius 2 is 2.22 bits per heavy atom. The van der Waals surface area contributed by atoms with Crippen LogP contribution in [-0.4, -0.2) is 42.1 Å². The standard InChI is InChI=1S/C12H13NO4S/c1-16-9-5-3-4-7(10(9)17-2)11-13-8(6-18-11)12(14)15/h3-5,8H,6H2,1-2H3,(H,14,15). The van der Waals surface area contributed by atoms with Crippen molar-refractivity contribution in [2.75, 3.05) is 20.0 Å². The molecule has 1 unspecified atom stereocenters. The number of para-hydroxylation sites is 1. The minimum atomic E-state index is -0.903. The van der Waals surface area contributed by atoms with Gasteiger partial charge in [-0.25, -0.2) is 4.79 Å². The van der Waals surface area contributed by atoms with E-state index in [-0.39, 0.29) is 0 Å². The van der Waals surface area contributed by atoms with Crippen molar-refractivity contribution < 1.29 is 19.4 Å². The van der Waals surface area contributed by atoms with E-state index in [1.807, 2.05) is 12.1 Å². The van der Waals surface area contributed by atoms with E-state index in [2.05, 4.69) is 4.99 Å². The Bertz CT molecular complexity index is 501. The molecule has 6 heteroatoms. The monoisotopic (exact) mass is 267 g/mol. The molecule has 1 aliphatic rings. The molecule has 1 aliphatic heterocycles. The maximum atomic E-state index is 10.9. The molecular formula is C12H13NO4S. The fraction of sp³-hybridized carbons (Fsp3) is 0.333. The van der Waals surface area contributed by atoms with Crippen molar-refractivity contribution in [3.63, 3.8) is 0 Å². The predicted octanol–water partition coefficient (Wildman–Crippen LogP) is 1.65. The number of hydrogen-bond donors (Lipinski definition) is 1. The van der Waals surface area contributed by atoms with Crippen LogP contribution < -0.4 is 9.47 Å². The van der Waals surface area contributed by atoms with Crippen LogP contribution in [0.3, 0.4) is 0 Å². The molecular weight excluding hydrogens is 254 g/mol. The lowest BCUT2D eigenvalue weighted by atomic mass is 10.2. The molecule has 2 rings (SSSR count). The molecule has 0 aliphatic carbocycles.